The van der Waals surface area contributed by atoms with Gasteiger partial charge in [0.05, 0.1) is 16.8 Å². The summed E-state index contributed by atoms with van der Waals surface area (Å²) in [7, 11) is 0. The van der Waals surface area contributed by atoms with Crippen molar-refractivity contribution in [2.45, 2.75) is 12.5 Å². The minimum atomic E-state index is -0.146. The summed E-state index contributed by atoms with van der Waals surface area (Å²) in [6.45, 7) is 0. The molecule has 1 unspecified atom stereocenters. The molecular weight excluding hydrogens is 222 g/mol. The normalized spacial score (nSPS) is 12.4. The number of hydrogen-bond acceptors (Lipinski definition) is 3. The minimum Gasteiger partial charge on any atom is -0.322 e. The molecule has 0 amide bonds. The largest absolute Gasteiger partial charge is 0.322 e. The van der Waals surface area contributed by atoms with Crippen molar-refractivity contribution in [1.29, 1.82) is 0 Å². The van der Waals surface area contributed by atoms with Crippen LogP contribution in [0.5, 0.6) is 0 Å². The molecule has 0 aliphatic heterocycles. The topological polar surface area (TPSA) is 51.8 Å². The van der Waals surface area contributed by atoms with Gasteiger partial charge in [-0.05, 0) is 24.3 Å². The summed E-state index contributed by atoms with van der Waals surface area (Å²) < 4.78 is 0. The molecule has 0 saturated carbocycles. The van der Waals surface area contributed by atoms with Crippen molar-refractivity contribution in [3.05, 3.63) is 59.1 Å². The Hall–Kier alpha value is -1.45. The summed E-state index contributed by atoms with van der Waals surface area (Å²) >= 11 is 5.76. The fourth-order valence-corrected chi connectivity index (χ4v) is 1.57. The van der Waals surface area contributed by atoms with Crippen LogP contribution in [0.4, 0.5) is 0 Å². The Balaban J connectivity index is 2.09. The van der Waals surface area contributed by atoms with Gasteiger partial charge in [0.1, 0.15) is 0 Å². The van der Waals surface area contributed by atoms with Gasteiger partial charge in [-0.25, -0.2) is 0 Å². The lowest BCUT2D eigenvalue weighted by Gasteiger charge is -2.10. The van der Waals surface area contributed by atoms with Gasteiger partial charge in [0, 0.05) is 24.5 Å². The average molecular weight is 234 g/mol. The number of nitrogens with two attached hydrogens (primary N) is 1. The summed E-state index contributed by atoms with van der Waals surface area (Å²) in [5, 5.41) is 0.619. The van der Waals surface area contributed by atoms with Gasteiger partial charge in [-0.3, -0.25) is 9.97 Å². The molecule has 2 heterocycles. The van der Waals surface area contributed by atoms with E-state index in [4.69, 9.17) is 17.3 Å². The number of halogens is 1. The van der Waals surface area contributed by atoms with Crippen LogP contribution in [0.1, 0.15) is 17.4 Å². The van der Waals surface area contributed by atoms with E-state index in [1.807, 2.05) is 24.3 Å². The lowest BCUT2D eigenvalue weighted by molar-refractivity contribution is 0.683. The molecule has 0 aliphatic rings. The Morgan fingerprint density at radius 3 is 2.69 bits per heavy atom. The molecule has 82 valence electrons. The standard InChI is InChI=1S/C12H12ClN3/c13-9-4-5-12(16-8-9)11(14)7-10-3-1-2-6-15-10/h1-6,8,11H,7,14H2. The molecule has 2 aromatic heterocycles. The quantitative estimate of drug-likeness (QED) is 0.886. The van der Waals surface area contributed by atoms with Gasteiger partial charge < -0.3 is 5.73 Å². The van der Waals surface area contributed by atoms with Gasteiger partial charge in [-0.15, -0.1) is 0 Å². The fraction of sp³-hybridized carbons (Fsp3) is 0.167. The molecule has 0 saturated heterocycles. The molecule has 0 bridgehead atoms. The fourth-order valence-electron chi connectivity index (χ4n) is 1.46. The maximum absolute atomic E-state index is 6.03. The van der Waals surface area contributed by atoms with E-state index in [2.05, 4.69) is 9.97 Å². The molecule has 1 atom stereocenters. The molecule has 16 heavy (non-hydrogen) atoms. The van der Waals surface area contributed by atoms with Gasteiger partial charge in [0.15, 0.2) is 0 Å². The van der Waals surface area contributed by atoms with E-state index >= 15 is 0 Å². The third-order valence-electron chi connectivity index (χ3n) is 2.29. The van der Waals surface area contributed by atoms with Crippen molar-refractivity contribution in [1.82, 2.24) is 9.97 Å². The summed E-state index contributed by atoms with van der Waals surface area (Å²) in [5.41, 5.74) is 7.82. The lowest BCUT2D eigenvalue weighted by atomic mass is 10.1. The number of nitrogens with zero attached hydrogens (tertiary/aromatic N) is 2. The Bertz CT molecular complexity index is 442. The molecule has 0 fully saturated rings. The van der Waals surface area contributed by atoms with Crippen LogP contribution in [0.15, 0.2) is 42.7 Å². The number of pyridine rings is 2. The summed E-state index contributed by atoms with van der Waals surface area (Å²) in [6, 6.07) is 9.28. The highest BCUT2D eigenvalue weighted by Crippen LogP contribution is 2.14. The molecule has 0 aliphatic carbocycles. The van der Waals surface area contributed by atoms with Crippen LogP contribution in [-0.2, 0) is 6.42 Å². The van der Waals surface area contributed by atoms with E-state index in [0.29, 0.717) is 11.4 Å². The monoisotopic (exact) mass is 233 g/mol. The molecule has 4 heteroatoms. The second kappa shape index (κ2) is 5.05. The Labute approximate surface area is 99.3 Å². The van der Waals surface area contributed by atoms with Crippen molar-refractivity contribution in [2.24, 2.45) is 5.73 Å². The Kier molecular flexibility index (Phi) is 3.49. The second-order valence-electron chi connectivity index (χ2n) is 3.53. The summed E-state index contributed by atoms with van der Waals surface area (Å²) in [4.78, 5) is 8.42. The van der Waals surface area contributed by atoms with E-state index in [-0.39, 0.29) is 6.04 Å². The van der Waals surface area contributed by atoms with Gasteiger partial charge in [0.25, 0.3) is 0 Å². The van der Waals surface area contributed by atoms with E-state index < -0.39 is 0 Å². The van der Waals surface area contributed by atoms with Crippen LogP contribution < -0.4 is 5.73 Å². The van der Waals surface area contributed by atoms with E-state index in [0.717, 1.165) is 11.4 Å². The molecule has 0 spiro atoms. The van der Waals surface area contributed by atoms with Crippen LogP contribution in [0.2, 0.25) is 5.02 Å². The van der Waals surface area contributed by atoms with Crippen LogP contribution >= 0.6 is 11.6 Å². The zero-order valence-corrected chi connectivity index (χ0v) is 9.43. The van der Waals surface area contributed by atoms with Crippen molar-refractivity contribution < 1.29 is 0 Å². The lowest BCUT2D eigenvalue weighted by Crippen LogP contribution is -2.15. The van der Waals surface area contributed by atoms with Crippen LogP contribution in [0.3, 0.4) is 0 Å². The zero-order valence-electron chi connectivity index (χ0n) is 8.68. The second-order valence-corrected chi connectivity index (χ2v) is 3.97. The van der Waals surface area contributed by atoms with E-state index in [9.17, 15) is 0 Å². The number of rotatable bonds is 3. The Morgan fingerprint density at radius 2 is 2.06 bits per heavy atom. The SMILES string of the molecule is NC(Cc1ccccn1)c1ccc(Cl)cn1. The predicted octanol–water partition coefficient (Wildman–Crippen LogP) is 2.37. The smallest absolute Gasteiger partial charge is 0.0589 e. The molecule has 0 aromatic carbocycles. The molecular formula is C12H12ClN3. The number of hydrogen-bond donors (Lipinski definition) is 1. The van der Waals surface area contributed by atoms with Gasteiger partial charge in [-0.1, -0.05) is 17.7 Å². The summed E-state index contributed by atoms with van der Waals surface area (Å²) in [6.07, 6.45) is 4.04. The maximum Gasteiger partial charge on any atom is 0.0589 e. The molecule has 2 N–H and O–H groups in total. The highest BCUT2D eigenvalue weighted by molar-refractivity contribution is 6.30. The molecule has 2 rings (SSSR count). The maximum atomic E-state index is 6.03. The third kappa shape index (κ3) is 2.78. The first-order valence-corrected chi connectivity index (χ1v) is 5.40. The highest BCUT2D eigenvalue weighted by atomic mass is 35.5. The zero-order chi connectivity index (χ0) is 11.4. The first-order valence-electron chi connectivity index (χ1n) is 5.02. The molecule has 2 aromatic rings. The van der Waals surface area contributed by atoms with Crippen molar-refractivity contribution in [3.63, 3.8) is 0 Å². The van der Waals surface area contributed by atoms with E-state index in [1.165, 1.54) is 0 Å². The first-order chi connectivity index (χ1) is 7.75. The van der Waals surface area contributed by atoms with Crippen LogP contribution in [0, 0.1) is 0 Å². The van der Waals surface area contributed by atoms with Crippen molar-refractivity contribution in [3.8, 4) is 0 Å². The van der Waals surface area contributed by atoms with Crippen LogP contribution in [0.25, 0.3) is 0 Å². The Morgan fingerprint density at radius 1 is 1.19 bits per heavy atom. The third-order valence-corrected chi connectivity index (χ3v) is 2.51. The number of aromatic nitrogens is 2. The van der Waals surface area contributed by atoms with Crippen LogP contribution in [-0.4, -0.2) is 9.97 Å². The van der Waals surface area contributed by atoms with Gasteiger partial charge in [0.2, 0.25) is 0 Å². The molecule has 3 nitrogen and oxygen atoms in total. The summed E-state index contributed by atoms with van der Waals surface area (Å²) in [5.74, 6) is 0. The van der Waals surface area contributed by atoms with Crippen molar-refractivity contribution in [2.75, 3.05) is 0 Å². The highest BCUT2D eigenvalue weighted by Gasteiger charge is 2.08. The van der Waals surface area contributed by atoms with E-state index in [1.54, 1.807) is 18.5 Å². The molecule has 0 radical (unpaired) electrons. The van der Waals surface area contributed by atoms with Gasteiger partial charge in [-0.2, -0.15) is 0 Å². The predicted molar refractivity (Wildman–Crippen MR) is 64.1 cm³/mol. The average Bonchev–Trinajstić information content (AvgIpc) is 2.31. The van der Waals surface area contributed by atoms with Crippen molar-refractivity contribution >= 4 is 11.6 Å². The first kappa shape index (κ1) is 11.0. The van der Waals surface area contributed by atoms with Gasteiger partial charge >= 0.3 is 0 Å². The minimum absolute atomic E-state index is 0.146.